The molecular formula is C20H21BrO3S. The molecule has 0 aliphatic rings. The Kier molecular flexibility index (Phi) is 5.99. The zero-order valence-corrected chi connectivity index (χ0v) is 16.7. The van der Waals surface area contributed by atoms with Gasteiger partial charge in [-0.3, -0.25) is 0 Å². The van der Waals surface area contributed by atoms with Gasteiger partial charge >= 0.3 is 0 Å². The summed E-state index contributed by atoms with van der Waals surface area (Å²) < 4.78 is 13.3. The maximum Gasteiger partial charge on any atom is 0.137 e. The minimum absolute atomic E-state index is 0.625. The first kappa shape index (κ1) is 18.2. The van der Waals surface area contributed by atoms with Crippen molar-refractivity contribution in [2.24, 2.45) is 0 Å². The second-order valence-corrected chi connectivity index (χ2v) is 7.79. The number of aliphatic hydroxyl groups is 1. The summed E-state index contributed by atoms with van der Waals surface area (Å²) in [6.45, 7) is 2.79. The summed E-state index contributed by atoms with van der Waals surface area (Å²) in [5, 5.41) is 12.0. The molecule has 0 aliphatic heterocycles. The predicted octanol–water partition coefficient (Wildman–Crippen LogP) is 5.93. The Morgan fingerprint density at radius 3 is 2.68 bits per heavy atom. The highest BCUT2D eigenvalue weighted by molar-refractivity contribution is 9.10. The van der Waals surface area contributed by atoms with Crippen LogP contribution in [0.2, 0.25) is 0 Å². The molecule has 2 aromatic carbocycles. The minimum atomic E-state index is -0.742. The Bertz CT molecular complexity index is 826. The van der Waals surface area contributed by atoms with Crippen molar-refractivity contribution < 1.29 is 14.6 Å². The summed E-state index contributed by atoms with van der Waals surface area (Å²) in [5.41, 5.74) is 0.726. The molecular weight excluding hydrogens is 400 g/mol. The normalized spacial score (nSPS) is 12.3. The van der Waals surface area contributed by atoms with E-state index in [1.165, 1.54) is 0 Å². The number of hydrogen-bond acceptors (Lipinski definition) is 4. The van der Waals surface area contributed by atoms with E-state index >= 15 is 0 Å². The van der Waals surface area contributed by atoms with E-state index in [2.05, 4.69) is 35.0 Å². The smallest absolute Gasteiger partial charge is 0.137 e. The van der Waals surface area contributed by atoms with Crippen LogP contribution in [0.25, 0.3) is 10.1 Å². The van der Waals surface area contributed by atoms with Gasteiger partial charge in [-0.25, -0.2) is 0 Å². The third kappa shape index (κ3) is 4.00. The van der Waals surface area contributed by atoms with Crippen LogP contribution in [0.1, 0.15) is 36.3 Å². The predicted molar refractivity (Wildman–Crippen MR) is 107 cm³/mol. The molecule has 0 spiro atoms. The molecule has 0 saturated heterocycles. The Morgan fingerprint density at radius 1 is 1.16 bits per heavy atom. The lowest BCUT2D eigenvalue weighted by Gasteiger charge is -2.17. The molecule has 1 aromatic heterocycles. The molecule has 3 rings (SSSR count). The maximum atomic E-state index is 10.9. The molecule has 25 heavy (non-hydrogen) atoms. The topological polar surface area (TPSA) is 38.7 Å². The molecule has 0 aliphatic carbocycles. The Hall–Kier alpha value is -1.56. The van der Waals surface area contributed by atoms with Crippen LogP contribution in [-0.2, 0) is 0 Å². The summed E-state index contributed by atoms with van der Waals surface area (Å²) in [4.78, 5) is 0.894. The number of halogens is 1. The van der Waals surface area contributed by atoms with Gasteiger partial charge in [-0.05, 0) is 45.9 Å². The molecule has 1 unspecified atom stereocenters. The van der Waals surface area contributed by atoms with Crippen LogP contribution >= 0.6 is 27.3 Å². The van der Waals surface area contributed by atoms with Crippen LogP contribution in [0.5, 0.6) is 11.5 Å². The average Bonchev–Trinajstić information content (AvgIpc) is 3.06. The fraction of sp³-hybridized carbons (Fsp3) is 0.300. The Morgan fingerprint density at radius 2 is 1.96 bits per heavy atom. The van der Waals surface area contributed by atoms with Gasteiger partial charge in [-0.2, -0.15) is 0 Å². The lowest BCUT2D eigenvalue weighted by atomic mass is 10.1. The molecule has 3 aromatic rings. The highest BCUT2D eigenvalue weighted by Gasteiger charge is 2.20. The van der Waals surface area contributed by atoms with E-state index in [1.807, 2.05) is 30.3 Å². The summed E-state index contributed by atoms with van der Waals surface area (Å²) in [6.07, 6.45) is 1.34. The molecule has 0 radical (unpaired) electrons. The Balaban J connectivity index is 1.93. The van der Waals surface area contributed by atoms with E-state index in [9.17, 15) is 5.11 Å². The second kappa shape index (κ2) is 8.21. The van der Waals surface area contributed by atoms with E-state index in [0.29, 0.717) is 12.4 Å². The van der Waals surface area contributed by atoms with E-state index < -0.39 is 6.10 Å². The lowest BCUT2D eigenvalue weighted by Crippen LogP contribution is -2.03. The monoisotopic (exact) mass is 420 g/mol. The first-order valence-electron chi connectivity index (χ1n) is 8.30. The van der Waals surface area contributed by atoms with E-state index in [0.717, 1.165) is 43.6 Å². The van der Waals surface area contributed by atoms with Crippen LogP contribution in [0.15, 0.2) is 46.9 Å². The fourth-order valence-corrected chi connectivity index (χ4v) is 4.21. The molecule has 3 nitrogen and oxygen atoms in total. The van der Waals surface area contributed by atoms with Crippen molar-refractivity contribution in [3.8, 4) is 11.5 Å². The number of rotatable bonds is 7. The molecule has 132 valence electrons. The van der Waals surface area contributed by atoms with Crippen molar-refractivity contribution in [1.29, 1.82) is 0 Å². The third-order valence-electron chi connectivity index (χ3n) is 4.05. The molecule has 1 atom stereocenters. The molecule has 0 saturated carbocycles. The van der Waals surface area contributed by atoms with Crippen LogP contribution in [0.3, 0.4) is 0 Å². The maximum absolute atomic E-state index is 10.9. The highest BCUT2D eigenvalue weighted by Crippen LogP contribution is 2.40. The number of methoxy groups -OCH3 is 1. The van der Waals surface area contributed by atoms with E-state index in [-0.39, 0.29) is 0 Å². The van der Waals surface area contributed by atoms with Gasteiger partial charge in [0.05, 0.1) is 18.2 Å². The minimum Gasteiger partial charge on any atom is -0.496 e. The summed E-state index contributed by atoms with van der Waals surface area (Å²) in [6, 6.07) is 13.9. The molecule has 1 N–H and O–H groups in total. The van der Waals surface area contributed by atoms with Gasteiger partial charge in [0.15, 0.2) is 0 Å². The zero-order chi connectivity index (χ0) is 17.8. The third-order valence-corrected chi connectivity index (χ3v) is 5.84. The molecule has 5 heteroatoms. The van der Waals surface area contributed by atoms with Gasteiger partial charge in [0, 0.05) is 21.2 Å². The van der Waals surface area contributed by atoms with Crippen LogP contribution in [-0.4, -0.2) is 18.8 Å². The number of hydrogen-bond donors (Lipinski definition) is 1. The first-order chi connectivity index (χ1) is 12.1. The number of fused-ring (bicyclic) bond motifs is 1. The van der Waals surface area contributed by atoms with Crippen molar-refractivity contribution in [2.75, 3.05) is 13.7 Å². The van der Waals surface area contributed by atoms with Gasteiger partial charge in [0.25, 0.3) is 0 Å². The van der Waals surface area contributed by atoms with Gasteiger partial charge < -0.3 is 14.6 Å². The molecule has 0 amide bonds. The lowest BCUT2D eigenvalue weighted by molar-refractivity contribution is 0.218. The van der Waals surface area contributed by atoms with Crippen molar-refractivity contribution in [2.45, 2.75) is 25.9 Å². The second-order valence-electron chi connectivity index (χ2n) is 5.82. The number of thiophene rings is 1. The summed E-state index contributed by atoms with van der Waals surface area (Å²) >= 11 is 5.14. The fourth-order valence-electron chi connectivity index (χ4n) is 2.67. The number of unbranched alkanes of at least 4 members (excludes halogenated alkanes) is 1. The Labute approximate surface area is 160 Å². The molecule has 0 bridgehead atoms. The highest BCUT2D eigenvalue weighted by atomic mass is 79.9. The standard InChI is InChI=1S/C20H21BrO3S/c1-3-4-9-24-17-12-16(23-2)14(11-15(17)21)20(22)19-10-13-7-5-6-8-18(13)25-19/h5-8,10-12,20,22H,3-4,9H2,1-2H3. The summed E-state index contributed by atoms with van der Waals surface area (Å²) in [7, 11) is 1.61. The van der Waals surface area contributed by atoms with Crippen LogP contribution < -0.4 is 9.47 Å². The van der Waals surface area contributed by atoms with Crippen molar-refractivity contribution in [3.05, 3.63) is 57.4 Å². The SMILES string of the molecule is CCCCOc1cc(OC)c(C(O)c2cc3ccccc3s2)cc1Br. The van der Waals surface area contributed by atoms with Gasteiger partial charge in [-0.1, -0.05) is 31.5 Å². The average molecular weight is 421 g/mol. The quantitative estimate of drug-likeness (QED) is 0.481. The first-order valence-corrected chi connectivity index (χ1v) is 9.91. The number of aliphatic hydroxyl groups excluding tert-OH is 1. The van der Waals surface area contributed by atoms with Gasteiger partial charge in [0.2, 0.25) is 0 Å². The largest absolute Gasteiger partial charge is 0.496 e. The molecule has 1 heterocycles. The van der Waals surface area contributed by atoms with Crippen LogP contribution in [0, 0.1) is 0 Å². The van der Waals surface area contributed by atoms with E-state index in [4.69, 9.17) is 9.47 Å². The van der Waals surface area contributed by atoms with Crippen molar-refractivity contribution >= 4 is 37.4 Å². The van der Waals surface area contributed by atoms with Crippen LogP contribution in [0.4, 0.5) is 0 Å². The zero-order valence-electron chi connectivity index (χ0n) is 14.3. The summed E-state index contributed by atoms with van der Waals surface area (Å²) in [5.74, 6) is 1.36. The van der Waals surface area contributed by atoms with Crippen molar-refractivity contribution in [1.82, 2.24) is 0 Å². The van der Waals surface area contributed by atoms with Crippen molar-refractivity contribution in [3.63, 3.8) is 0 Å². The van der Waals surface area contributed by atoms with E-state index in [1.54, 1.807) is 18.4 Å². The number of ether oxygens (including phenoxy) is 2. The molecule has 0 fully saturated rings. The van der Waals surface area contributed by atoms with Gasteiger partial charge in [-0.15, -0.1) is 11.3 Å². The van der Waals surface area contributed by atoms with Gasteiger partial charge in [0.1, 0.15) is 17.6 Å². The number of benzene rings is 2.